The van der Waals surface area contributed by atoms with Gasteiger partial charge in [-0.2, -0.15) is 9.97 Å². The number of nitrogens with two attached hydrogens (primary N) is 1. The first-order chi connectivity index (χ1) is 22.3. The van der Waals surface area contributed by atoms with Crippen LogP contribution in [-0.4, -0.2) is 77.6 Å². The number of alkyl halides is 1. The van der Waals surface area contributed by atoms with Crippen LogP contribution in [0.3, 0.4) is 0 Å². The Labute approximate surface area is 264 Å². The van der Waals surface area contributed by atoms with Crippen molar-refractivity contribution in [3.63, 3.8) is 0 Å². The van der Waals surface area contributed by atoms with Crippen molar-refractivity contribution in [2.24, 2.45) is 0 Å². The molecule has 2 bridgehead atoms. The fourth-order valence-corrected chi connectivity index (χ4v) is 8.77. The zero-order valence-corrected chi connectivity index (χ0v) is 25.2. The van der Waals surface area contributed by atoms with Gasteiger partial charge in [0.1, 0.15) is 42.3 Å². The number of halogens is 3. The quantitative estimate of drug-likeness (QED) is 0.243. The summed E-state index contributed by atoms with van der Waals surface area (Å²) in [6.07, 6.45) is 9.08. The number of ether oxygens (including phenoxy) is 2. The lowest BCUT2D eigenvalue weighted by Gasteiger charge is -2.40. The van der Waals surface area contributed by atoms with E-state index in [1.54, 1.807) is 24.3 Å². The Balaban J connectivity index is 1.25. The van der Waals surface area contributed by atoms with Crippen molar-refractivity contribution in [2.75, 3.05) is 43.5 Å². The molecule has 0 amide bonds. The van der Waals surface area contributed by atoms with E-state index in [4.69, 9.17) is 26.6 Å². The van der Waals surface area contributed by atoms with E-state index in [-0.39, 0.29) is 47.4 Å². The lowest BCUT2D eigenvalue weighted by Crippen LogP contribution is -2.60. The van der Waals surface area contributed by atoms with Gasteiger partial charge in [-0.25, -0.2) is 13.2 Å². The lowest BCUT2D eigenvalue weighted by molar-refractivity contribution is 0.107. The van der Waals surface area contributed by atoms with Gasteiger partial charge in [-0.3, -0.25) is 4.90 Å². The second-order valence-corrected chi connectivity index (χ2v) is 13.5. The summed E-state index contributed by atoms with van der Waals surface area (Å²) in [5.74, 6) is 2.20. The van der Waals surface area contributed by atoms with Crippen LogP contribution in [0.25, 0.3) is 32.8 Å². The summed E-state index contributed by atoms with van der Waals surface area (Å²) >= 11 is 0. The Morgan fingerprint density at radius 3 is 2.89 bits per heavy atom. The monoisotopic (exact) mass is 626 g/mol. The molecular weight excluding hydrogens is 593 g/mol. The number of nitrogens with zero attached hydrogens (tertiary/aromatic N) is 4. The molecule has 236 valence electrons. The van der Waals surface area contributed by atoms with Gasteiger partial charge in [0.2, 0.25) is 0 Å². The Hall–Kier alpha value is -4.27. The van der Waals surface area contributed by atoms with Crippen molar-refractivity contribution in [1.82, 2.24) is 20.2 Å². The summed E-state index contributed by atoms with van der Waals surface area (Å²) in [4.78, 5) is 14.0. The van der Waals surface area contributed by atoms with Crippen LogP contribution < -0.4 is 25.4 Å². The number of piperazine rings is 1. The van der Waals surface area contributed by atoms with Crippen LogP contribution in [0, 0.1) is 24.0 Å². The van der Waals surface area contributed by atoms with E-state index >= 15 is 4.39 Å². The summed E-state index contributed by atoms with van der Waals surface area (Å²) < 4.78 is 59.4. The molecule has 0 unspecified atom stereocenters. The summed E-state index contributed by atoms with van der Waals surface area (Å²) in [6, 6.07) is 8.26. The van der Waals surface area contributed by atoms with Crippen LogP contribution in [0.1, 0.15) is 37.7 Å². The second kappa shape index (κ2) is 10.1. The van der Waals surface area contributed by atoms with Crippen LogP contribution >= 0.6 is 0 Å². The molecule has 0 saturated carbocycles. The van der Waals surface area contributed by atoms with Crippen LogP contribution in [0.4, 0.5) is 24.7 Å². The Bertz CT molecular complexity index is 1980. The fraction of sp³-hybridized carbons (Fsp3) is 0.429. The Kier molecular flexibility index (Phi) is 6.15. The molecule has 4 aromatic rings. The third-order valence-electron chi connectivity index (χ3n) is 10.8. The van der Waals surface area contributed by atoms with Crippen LogP contribution in [0.15, 0.2) is 30.3 Å². The van der Waals surface area contributed by atoms with Crippen LogP contribution in [0.2, 0.25) is 0 Å². The number of hydrogen-bond acceptors (Lipinski definition) is 8. The van der Waals surface area contributed by atoms with Gasteiger partial charge in [0, 0.05) is 48.2 Å². The zero-order chi connectivity index (χ0) is 31.3. The standard InChI is InChI=1S/C35H33F3N6O2/c1-2-22-25(37)6-4-18-10-20(39)11-23(29(18)22)24-12-28-30-32(31(24)38)41-34(46-17-35-8-3-9-43(35)14-19(36)13-35)42-33(30)44-15-21-5-7-26(40-21)27(44)16-45-28/h1,4,6,10-12,19,21,26-27,40H,3,5,7-9,13-17,39H2/t19-,21-,26+,27-,35+/m1/s1. The number of terminal acetylenes is 1. The number of nitrogen functional groups attached to an aromatic ring is 1. The molecule has 4 fully saturated rings. The topological polar surface area (TPSA) is 88.8 Å². The van der Waals surface area contributed by atoms with E-state index in [1.807, 2.05) is 0 Å². The summed E-state index contributed by atoms with van der Waals surface area (Å²) in [5, 5.41) is 5.12. The molecule has 5 atom stereocenters. The van der Waals surface area contributed by atoms with Gasteiger partial charge < -0.3 is 25.4 Å². The molecule has 1 aromatic heterocycles. The van der Waals surface area contributed by atoms with Crippen molar-refractivity contribution in [3.8, 4) is 35.2 Å². The lowest BCUT2D eigenvalue weighted by atomic mass is 9.92. The van der Waals surface area contributed by atoms with Gasteiger partial charge in [-0.05, 0) is 67.4 Å². The van der Waals surface area contributed by atoms with Crippen molar-refractivity contribution in [1.29, 1.82) is 0 Å². The molecule has 0 radical (unpaired) electrons. The molecule has 5 aliphatic heterocycles. The molecule has 0 aliphatic carbocycles. The number of nitrogens with one attached hydrogen (secondary N) is 1. The molecular formula is C35H33F3N6O2. The number of rotatable bonds is 4. The smallest absolute Gasteiger partial charge is 0.319 e. The van der Waals surface area contributed by atoms with Crippen molar-refractivity contribution < 1.29 is 22.6 Å². The average molecular weight is 627 g/mol. The molecule has 5 aliphatic rings. The Morgan fingerprint density at radius 1 is 1.13 bits per heavy atom. The normalized spacial score (nSPS) is 28.2. The van der Waals surface area contributed by atoms with E-state index in [1.165, 1.54) is 6.07 Å². The molecule has 4 saturated heterocycles. The summed E-state index contributed by atoms with van der Waals surface area (Å²) in [6.45, 7) is 2.47. The highest BCUT2D eigenvalue weighted by Gasteiger charge is 2.50. The second-order valence-electron chi connectivity index (χ2n) is 13.5. The summed E-state index contributed by atoms with van der Waals surface area (Å²) in [7, 11) is 0. The van der Waals surface area contributed by atoms with E-state index < -0.39 is 23.3 Å². The van der Waals surface area contributed by atoms with Gasteiger partial charge in [0.05, 0.1) is 22.5 Å². The maximum Gasteiger partial charge on any atom is 0.319 e. The van der Waals surface area contributed by atoms with E-state index in [9.17, 15) is 8.78 Å². The van der Waals surface area contributed by atoms with E-state index in [2.05, 4.69) is 26.0 Å². The molecule has 6 heterocycles. The van der Waals surface area contributed by atoms with Gasteiger partial charge in [0.15, 0.2) is 5.82 Å². The molecule has 11 heteroatoms. The first-order valence-corrected chi connectivity index (χ1v) is 16.0. The highest BCUT2D eigenvalue weighted by molar-refractivity contribution is 6.06. The SMILES string of the molecule is C#Cc1c(F)ccc2cc(N)cc(-c3cc4c5c(nc(OC[C@@]67CCCN6C[C@H](F)C7)nc5c3F)N3C[C@H]5CC[C@H](N5)[C@H]3CO4)c12. The van der Waals surface area contributed by atoms with Crippen molar-refractivity contribution in [3.05, 3.63) is 47.5 Å². The summed E-state index contributed by atoms with van der Waals surface area (Å²) in [5.41, 5.74) is 6.76. The fourth-order valence-electron chi connectivity index (χ4n) is 8.77. The minimum Gasteiger partial charge on any atom is -0.491 e. The highest BCUT2D eigenvalue weighted by Crippen LogP contribution is 2.47. The molecule has 9 rings (SSSR count). The molecule has 46 heavy (non-hydrogen) atoms. The van der Waals surface area contributed by atoms with Crippen molar-refractivity contribution >= 4 is 33.2 Å². The van der Waals surface area contributed by atoms with Gasteiger partial charge in [-0.1, -0.05) is 12.0 Å². The number of fused-ring (bicyclic) bond motifs is 7. The third-order valence-corrected chi connectivity index (χ3v) is 10.8. The average Bonchev–Trinajstić information content (AvgIpc) is 3.68. The van der Waals surface area contributed by atoms with E-state index in [0.717, 1.165) is 32.2 Å². The first kappa shape index (κ1) is 28.0. The van der Waals surface area contributed by atoms with Crippen LogP contribution in [-0.2, 0) is 0 Å². The number of anilines is 2. The highest BCUT2D eigenvalue weighted by atomic mass is 19.1. The van der Waals surface area contributed by atoms with E-state index in [0.29, 0.717) is 65.1 Å². The van der Waals surface area contributed by atoms with Crippen LogP contribution in [0.5, 0.6) is 11.8 Å². The molecule has 3 N–H and O–H groups in total. The van der Waals surface area contributed by atoms with Gasteiger partial charge in [-0.15, -0.1) is 6.42 Å². The maximum atomic E-state index is 17.1. The zero-order valence-electron chi connectivity index (χ0n) is 25.2. The largest absolute Gasteiger partial charge is 0.491 e. The minimum atomic E-state index is -0.909. The Morgan fingerprint density at radius 2 is 2.02 bits per heavy atom. The van der Waals surface area contributed by atoms with Gasteiger partial charge >= 0.3 is 6.01 Å². The number of aromatic nitrogens is 2. The molecule has 8 nitrogen and oxygen atoms in total. The number of benzene rings is 3. The first-order valence-electron chi connectivity index (χ1n) is 16.0. The third kappa shape index (κ3) is 4.09. The predicted molar refractivity (Wildman–Crippen MR) is 170 cm³/mol. The molecule has 0 spiro atoms. The maximum absolute atomic E-state index is 17.1. The number of hydrogen-bond donors (Lipinski definition) is 2. The predicted octanol–water partition coefficient (Wildman–Crippen LogP) is 4.95. The molecule has 3 aromatic carbocycles. The minimum absolute atomic E-state index is 0.0218. The van der Waals surface area contributed by atoms with Gasteiger partial charge in [0.25, 0.3) is 0 Å². The van der Waals surface area contributed by atoms with Crippen molar-refractivity contribution in [2.45, 2.75) is 61.9 Å².